The molecule has 0 atom stereocenters. The van der Waals surface area contributed by atoms with Gasteiger partial charge in [0.05, 0.1) is 5.52 Å². The molecule has 0 radical (unpaired) electrons. The van der Waals surface area contributed by atoms with Crippen LogP contribution in [-0.4, -0.2) is 15.7 Å². The highest BCUT2D eigenvalue weighted by molar-refractivity contribution is 9.10. The standard InChI is InChI=1S/C9H8BrN3O/c1-13-8(9(11)14)6-4-5(10)2-3-7(6)12-13/h2-4H,1H3,(H2,11,14). The summed E-state index contributed by atoms with van der Waals surface area (Å²) >= 11 is 3.34. The van der Waals surface area contributed by atoms with Crippen molar-refractivity contribution >= 4 is 32.7 Å². The van der Waals surface area contributed by atoms with E-state index in [1.165, 1.54) is 4.68 Å². The molecule has 72 valence electrons. The van der Waals surface area contributed by atoms with Crippen LogP contribution in [0.15, 0.2) is 22.7 Å². The maximum absolute atomic E-state index is 11.2. The summed E-state index contributed by atoms with van der Waals surface area (Å²) < 4.78 is 2.40. The molecular weight excluding hydrogens is 246 g/mol. The third-order valence-corrected chi connectivity index (χ3v) is 2.52. The Morgan fingerprint density at radius 2 is 2.29 bits per heavy atom. The van der Waals surface area contributed by atoms with Gasteiger partial charge < -0.3 is 5.73 Å². The molecule has 0 bridgehead atoms. The van der Waals surface area contributed by atoms with Gasteiger partial charge in [-0.15, -0.1) is 0 Å². The topological polar surface area (TPSA) is 60.9 Å². The number of amides is 1. The van der Waals surface area contributed by atoms with Gasteiger partial charge in [0.15, 0.2) is 0 Å². The fourth-order valence-corrected chi connectivity index (χ4v) is 1.82. The summed E-state index contributed by atoms with van der Waals surface area (Å²) in [6.45, 7) is 0. The number of halogens is 1. The first-order chi connectivity index (χ1) is 6.59. The molecule has 0 aliphatic rings. The van der Waals surface area contributed by atoms with E-state index in [1.807, 2.05) is 18.2 Å². The number of aromatic nitrogens is 2. The van der Waals surface area contributed by atoms with Crippen LogP contribution in [0.1, 0.15) is 10.5 Å². The van der Waals surface area contributed by atoms with Crippen LogP contribution in [0.3, 0.4) is 0 Å². The van der Waals surface area contributed by atoms with Crippen LogP contribution in [0.25, 0.3) is 10.9 Å². The van der Waals surface area contributed by atoms with Gasteiger partial charge in [0.25, 0.3) is 5.91 Å². The fourth-order valence-electron chi connectivity index (χ4n) is 1.46. The molecular formula is C9H8BrN3O. The van der Waals surface area contributed by atoms with Gasteiger partial charge in [0, 0.05) is 16.9 Å². The molecule has 0 aliphatic carbocycles. The van der Waals surface area contributed by atoms with Gasteiger partial charge in [0.2, 0.25) is 0 Å². The molecule has 0 spiro atoms. The quantitative estimate of drug-likeness (QED) is 0.836. The monoisotopic (exact) mass is 253 g/mol. The molecule has 0 fully saturated rings. The second kappa shape index (κ2) is 3.09. The summed E-state index contributed by atoms with van der Waals surface area (Å²) in [5.74, 6) is -0.465. The average molecular weight is 254 g/mol. The highest BCUT2D eigenvalue weighted by Gasteiger charge is 2.13. The summed E-state index contributed by atoms with van der Waals surface area (Å²) in [6, 6.07) is 5.55. The van der Waals surface area contributed by atoms with Crippen LogP contribution in [-0.2, 0) is 7.05 Å². The van der Waals surface area contributed by atoms with Crippen molar-refractivity contribution in [3.8, 4) is 0 Å². The van der Waals surface area contributed by atoms with E-state index in [9.17, 15) is 4.79 Å². The van der Waals surface area contributed by atoms with Crippen LogP contribution in [0.4, 0.5) is 0 Å². The maximum atomic E-state index is 11.2. The number of fused-ring (bicyclic) bond motifs is 1. The molecule has 2 aromatic rings. The van der Waals surface area contributed by atoms with Crippen molar-refractivity contribution in [3.05, 3.63) is 28.4 Å². The maximum Gasteiger partial charge on any atom is 0.267 e. The van der Waals surface area contributed by atoms with Gasteiger partial charge in [-0.3, -0.25) is 9.48 Å². The summed E-state index contributed by atoms with van der Waals surface area (Å²) in [6.07, 6.45) is 0. The largest absolute Gasteiger partial charge is 0.364 e. The average Bonchev–Trinajstić information content (AvgIpc) is 2.40. The number of nitrogens with zero attached hydrogens (tertiary/aromatic N) is 2. The normalized spacial score (nSPS) is 10.7. The fraction of sp³-hybridized carbons (Fsp3) is 0.111. The van der Waals surface area contributed by atoms with E-state index in [2.05, 4.69) is 21.0 Å². The van der Waals surface area contributed by atoms with Gasteiger partial charge >= 0.3 is 0 Å². The Balaban J connectivity index is 2.86. The number of hydrogen-bond acceptors (Lipinski definition) is 2. The lowest BCUT2D eigenvalue weighted by Gasteiger charge is -1.95. The predicted octanol–water partition coefficient (Wildman–Crippen LogP) is 1.43. The summed E-state index contributed by atoms with van der Waals surface area (Å²) in [5, 5.41) is 4.94. The molecule has 0 aliphatic heterocycles. The van der Waals surface area contributed by atoms with Gasteiger partial charge in [-0.05, 0) is 18.2 Å². The summed E-state index contributed by atoms with van der Waals surface area (Å²) in [4.78, 5) is 11.2. The SMILES string of the molecule is Cn1nc2ccc(Br)cc2c1C(N)=O. The second-order valence-corrected chi connectivity index (χ2v) is 3.91. The molecule has 2 N–H and O–H groups in total. The highest BCUT2D eigenvalue weighted by atomic mass is 79.9. The third kappa shape index (κ3) is 1.29. The number of benzene rings is 1. The van der Waals surface area contributed by atoms with Crippen molar-refractivity contribution in [2.24, 2.45) is 12.8 Å². The minimum absolute atomic E-state index is 0.432. The van der Waals surface area contributed by atoms with Crippen molar-refractivity contribution in [1.82, 2.24) is 9.78 Å². The van der Waals surface area contributed by atoms with Crippen molar-refractivity contribution in [2.45, 2.75) is 0 Å². The number of carbonyl (C=O) groups is 1. The zero-order valence-electron chi connectivity index (χ0n) is 7.49. The van der Waals surface area contributed by atoms with E-state index in [0.29, 0.717) is 5.69 Å². The molecule has 14 heavy (non-hydrogen) atoms. The van der Waals surface area contributed by atoms with Crippen molar-refractivity contribution in [2.75, 3.05) is 0 Å². The molecule has 2 rings (SSSR count). The zero-order chi connectivity index (χ0) is 10.3. The number of carbonyl (C=O) groups excluding carboxylic acids is 1. The number of hydrogen-bond donors (Lipinski definition) is 1. The lowest BCUT2D eigenvalue weighted by Crippen LogP contribution is -2.15. The van der Waals surface area contributed by atoms with Gasteiger partial charge in [-0.25, -0.2) is 0 Å². The molecule has 1 heterocycles. The second-order valence-electron chi connectivity index (χ2n) is 3.00. The Hall–Kier alpha value is -1.36. The van der Waals surface area contributed by atoms with Crippen molar-refractivity contribution < 1.29 is 4.79 Å². The van der Waals surface area contributed by atoms with E-state index in [4.69, 9.17) is 5.73 Å². The molecule has 0 unspecified atom stereocenters. The Morgan fingerprint density at radius 1 is 1.57 bits per heavy atom. The van der Waals surface area contributed by atoms with Gasteiger partial charge in [-0.2, -0.15) is 5.10 Å². The van der Waals surface area contributed by atoms with Gasteiger partial charge in [-0.1, -0.05) is 15.9 Å². The minimum Gasteiger partial charge on any atom is -0.364 e. The lowest BCUT2D eigenvalue weighted by atomic mass is 10.2. The van der Waals surface area contributed by atoms with E-state index in [-0.39, 0.29) is 0 Å². The molecule has 0 saturated carbocycles. The molecule has 5 heteroatoms. The van der Waals surface area contributed by atoms with Crippen LogP contribution < -0.4 is 5.73 Å². The van der Waals surface area contributed by atoms with Crippen LogP contribution >= 0.6 is 15.9 Å². The minimum atomic E-state index is -0.465. The van der Waals surface area contributed by atoms with Gasteiger partial charge in [0.1, 0.15) is 5.69 Å². The van der Waals surface area contributed by atoms with Crippen LogP contribution in [0, 0.1) is 0 Å². The van der Waals surface area contributed by atoms with E-state index in [0.717, 1.165) is 15.4 Å². The first-order valence-corrected chi connectivity index (χ1v) is 4.81. The number of aryl methyl sites for hydroxylation is 1. The first kappa shape index (κ1) is 9.21. The Labute approximate surface area is 88.8 Å². The van der Waals surface area contributed by atoms with E-state index < -0.39 is 5.91 Å². The van der Waals surface area contributed by atoms with E-state index >= 15 is 0 Å². The molecule has 1 aromatic heterocycles. The molecule has 1 amide bonds. The Bertz CT molecular complexity index is 518. The van der Waals surface area contributed by atoms with Crippen molar-refractivity contribution in [3.63, 3.8) is 0 Å². The Morgan fingerprint density at radius 3 is 2.93 bits per heavy atom. The van der Waals surface area contributed by atoms with Crippen molar-refractivity contribution in [1.29, 1.82) is 0 Å². The first-order valence-electron chi connectivity index (χ1n) is 4.01. The predicted molar refractivity (Wildman–Crippen MR) is 56.9 cm³/mol. The number of nitrogens with two attached hydrogens (primary N) is 1. The third-order valence-electron chi connectivity index (χ3n) is 2.03. The molecule has 0 saturated heterocycles. The Kier molecular flexibility index (Phi) is 2.03. The molecule has 1 aromatic carbocycles. The molecule has 4 nitrogen and oxygen atoms in total. The number of primary amides is 1. The number of rotatable bonds is 1. The van der Waals surface area contributed by atoms with E-state index in [1.54, 1.807) is 7.05 Å². The summed E-state index contributed by atoms with van der Waals surface area (Å²) in [7, 11) is 1.70. The van der Waals surface area contributed by atoms with Crippen LogP contribution in [0.5, 0.6) is 0 Å². The summed E-state index contributed by atoms with van der Waals surface area (Å²) in [5.41, 5.74) is 6.46. The smallest absolute Gasteiger partial charge is 0.267 e. The highest BCUT2D eigenvalue weighted by Crippen LogP contribution is 2.21. The zero-order valence-corrected chi connectivity index (χ0v) is 9.08. The lowest BCUT2D eigenvalue weighted by molar-refractivity contribution is 0.0993. The van der Waals surface area contributed by atoms with Crippen LogP contribution in [0.2, 0.25) is 0 Å².